The second-order valence-electron chi connectivity index (χ2n) is 6.60. The molecule has 1 saturated heterocycles. The van der Waals surface area contributed by atoms with Crippen LogP contribution >= 0.6 is 0 Å². The molecule has 1 N–H and O–H groups in total. The van der Waals surface area contributed by atoms with Crippen LogP contribution < -0.4 is 5.32 Å². The summed E-state index contributed by atoms with van der Waals surface area (Å²) in [6, 6.07) is 4.26. The van der Waals surface area contributed by atoms with Gasteiger partial charge in [-0.2, -0.15) is 0 Å². The molecule has 1 fully saturated rings. The van der Waals surface area contributed by atoms with Crippen LogP contribution in [0.2, 0.25) is 0 Å². The maximum absolute atomic E-state index is 13.8. The number of nitrogens with one attached hydrogen (secondary N) is 1. The van der Waals surface area contributed by atoms with Crippen LogP contribution in [0.25, 0.3) is 0 Å². The molecule has 0 spiro atoms. The fourth-order valence-corrected chi connectivity index (χ4v) is 3.14. The first-order valence-electron chi connectivity index (χ1n) is 9.72. The van der Waals surface area contributed by atoms with Crippen molar-refractivity contribution in [1.82, 2.24) is 10.2 Å². The summed E-state index contributed by atoms with van der Waals surface area (Å²) in [6.45, 7) is 6.39. The summed E-state index contributed by atoms with van der Waals surface area (Å²) in [6.07, 6.45) is 3.48. The molecule has 0 amide bonds. The predicted octanol–water partition coefficient (Wildman–Crippen LogP) is 2.99. The minimum atomic E-state index is -0.809. The molecular weight excluding hydrogens is 352 g/mol. The molecule has 0 atom stereocenters. The molecule has 1 aromatic carbocycles. The van der Waals surface area contributed by atoms with Gasteiger partial charge >= 0.3 is 0 Å². The van der Waals surface area contributed by atoms with E-state index in [4.69, 9.17) is 9.47 Å². The number of ether oxygens (including phenoxy) is 2. The molecule has 0 bridgehead atoms. The monoisotopic (exact) mass is 383 g/mol. The summed E-state index contributed by atoms with van der Waals surface area (Å²) in [5, 5.41) is 3.29. The SMILES string of the molecule is CCNC(=NCCc1cccc(F)c1F)N1CCC(OCCCOC)CC1. The van der Waals surface area contributed by atoms with Crippen molar-refractivity contribution < 1.29 is 18.3 Å². The first-order chi connectivity index (χ1) is 13.2. The van der Waals surface area contributed by atoms with Gasteiger partial charge < -0.3 is 19.7 Å². The number of aliphatic imine (C=N–C) groups is 1. The van der Waals surface area contributed by atoms with Gasteiger partial charge in [0.15, 0.2) is 17.6 Å². The molecule has 1 heterocycles. The van der Waals surface area contributed by atoms with Crippen molar-refractivity contribution >= 4 is 5.96 Å². The molecule has 0 unspecified atom stereocenters. The van der Waals surface area contributed by atoms with E-state index >= 15 is 0 Å². The molecule has 2 rings (SSSR count). The van der Waals surface area contributed by atoms with Crippen LogP contribution in [0.4, 0.5) is 8.78 Å². The van der Waals surface area contributed by atoms with E-state index in [0.29, 0.717) is 18.5 Å². The van der Waals surface area contributed by atoms with Crippen LogP contribution in [0.5, 0.6) is 0 Å². The lowest BCUT2D eigenvalue weighted by Gasteiger charge is -2.34. The maximum atomic E-state index is 13.8. The third-order valence-electron chi connectivity index (χ3n) is 4.60. The average molecular weight is 383 g/mol. The van der Waals surface area contributed by atoms with E-state index < -0.39 is 11.6 Å². The summed E-state index contributed by atoms with van der Waals surface area (Å²) in [5.41, 5.74) is 0.359. The van der Waals surface area contributed by atoms with E-state index in [0.717, 1.165) is 64.1 Å². The Bertz CT molecular complexity index is 591. The molecule has 0 radical (unpaired) electrons. The molecule has 1 aromatic rings. The Morgan fingerprint density at radius 1 is 1.26 bits per heavy atom. The Hall–Kier alpha value is -1.73. The lowest BCUT2D eigenvalue weighted by Crippen LogP contribution is -2.47. The van der Waals surface area contributed by atoms with Gasteiger partial charge in [-0.05, 0) is 44.2 Å². The number of likely N-dealkylation sites (tertiary alicyclic amines) is 1. The van der Waals surface area contributed by atoms with Gasteiger partial charge in [-0.3, -0.25) is 4.99 Å². The molecule has 1 aliphatic heterocycles. The molecule has 5 nitrogen and oxygen atoms in total. The van der Waals surface area contributed by atoms with Crippen molar-refractivity contribution in [2.75, 3.05) is 46.5 Å². The van der Waals surface area contributed by atoms with Crippen LogP contribution in [0.1, 0.15) is 31.7 Å². The van der Waals surface area contributed by atoms with Crippen LogP contribution in [-0.2, 0) is 15.9 Å². The highest BCUT2D eigenvalue weighted by Gasteiger charge is 2.21. The molecule has 0 aliphatic carbocycles. The zero-order chi connectivity index (χ0) is 19.5. The summed E-state index contributed by atoms with van der Waals surface area (Å²) in [7, 11) is 1.70. The Morgan fingerprint density at radius 2 is 2.04 bits per heavy atom. The van der Waals surface area contributed by atoms with Gasteiger partial charge in [-0.1, -0.05) is 12.1 Å². The van der Waals surface area contributed by atoms with E-state index in [1.807, 2.05) is 6.92 Å². The first kappa shape index (κ1) is 21.6. The summed E-state index contributed by atoms with van der Waals surface area (Å²) < 4.78 is 38.0. The van der Waals surface area contributed by atoms with Crippen molar-refractivity contribution in [2.24, 2.45) is 4.99 Å². The second kappa shape index (κ2) is 11.9. The Kier molecular flexibility index (Phi) is 9.48. The smallest absolute Gasteiger partial charge is 0.193 e. The van der Waals surface area contributed by atoms with Crippen LogP contribution in [0, 0.1) is 11.6 Å². The number of halogens is 2. The van der Waals surface area contributed by atoms with E-state index in [2.05, 4.69) is 15.2 Å². The van der Waals surface area contributed by atoms with Crippen LogP contribution in [0.15, 0.2) is 23.2 Å². The van der Waals surface area contributed by atoms with E-state index in [9.17, 15) is 8.78 Å². The summed E-state index contributed by atoms with van der Waals surface area (Å²) in [4.78, 5) is 6.81. The van der Waals surface area contributed by atoms with E-state index in [-0.39, 0.29) is 6.10 Å². The standard InChI is InChI=1S/C20H31F2N3O2/c1-3-23-20(24-11-8-16-6-4-7-18(21)19(16)22)25-12-9-17(10-13-25)27-15-5-14-26-2/h4,6-7,17H,3,5,8-15H2,1-2H3,(H,23,24). The van der Waals surface area contributed by atoms with Crippen molar-refractivity contribution in [3.8, 4) is 0 Å². The van der Waals surface area contributed by atoms with Gasteiger partial charge in [0, 0.05) is 46.5 Å². The molecule has 1 aliphatic rings. The lowest BCUT2D eigenvalue weighted by molar-refractivity contribution is 0.00991. The van der Waals surface area contributed by atoms with Crippen LogP contribution in [-0.4, -0.2) is 63.5 Å². The fourth-order valence-electron chi connectivity index (χ4n) is 3.14. The largest absolute Gasteiger partial charge is 0.385 e. The number of hydrogen-bond acceptors (Lipinski definition) is 3. The zero-order valence-electron chi connectivity index (χ0n) is 16.3. The zero-order valence-corrected chi connectivity index (χ0v) is 16.3. The van der Waals surface area contributed by atoms with Gasteiger partial charge in [0.2, 0.25) is 0 Å². The Labute approximate surface area is 160 Å². The molecule has 0 saturated carbocycles. The number of piperidine rings is 1. The molecule has 0 aromatic heterocycles. The predicted molar refractivity (Wildman–Crippen MR) is 103 cm³/mol. The second-order valence-corrected chi connectivity index (χ2v) is 6.60. The van der Waals surface area contributed by atoms with Gasteiger partial charge in [-0.25, -0.2) is 8.78 Å². The highest BCUT2D eigenvalue weighted by molar-refractivity contribution is 5.80. The van der Waals surface area contributed by atoms with E-state index in [1.165, 1.54) is 6.07 Å². The van der Waals surface area contributed by atoms with Crippen molar-refractivity contribution in [1.29, 1.82) is 0 Å². The number of benzene rings is 1. The van der Waals surface area contributed by atoms with Crippen LogP contribution in [0.3, 0.4) is 0 Å². The topological polar surface area (TPSA) is 46.1 Å². The highest BCUT2D eigenvalue weighted by Crippen LogP contribution is 2.15. The quantitative estimate of drug-likeness (QED) is 0.405. The molecule has 7 heteroatoms. The Morgan fingerprint density at radius 3 is 2.74 bits per heavy atom. The minimum Gasteiger partial charge on any atom is -0.385 e. The number of nitrogens with zero attached hydrogens (tertiary/aromatic N) is 2. The third-order valence-corrected chi connectivity index (χ3v) is 4.60. The van der Waals surface area contributed by atoms with Gasteiger partial charge in [0.1, 0.15) is 0 Å². The summed E-state index contributed by atoms with van der Waals surface area (Å²) >= 11 is 0. The van der Waals surface area contributed by atoms with Gasteiger partial charge in [0.05, 0.1) is 6.10 Å². The number of guanidine groups is 1. The number of methoxy groups -OCH3 is 1. The van der Waals surface area contributed by atoms with E-state index in [1.54, 1.807) is 13.2 Å². The molecular formula is C20H31F2N3O2. The highest BCUT2D eigenvalue weighted by atomic mass is 19.2. The van der Waals surface area contributed by atoms with Crippen molar-refractivity contribution in [3.63, 3.8) is 0 Å². The average Bonchev–Trinajstić information content (AvgIpc) is 2.68. The maximum Gasteiger partial charge on any atom is 0.193 e. The van der Waals surface area contributed by atoms with Crippen molar-refractivity contribution in [3.05, 3.63) is 35.4 Å². The molecule has 152 valence electrons. The minimum absolute atomic E-state index is 0.280. The lowest BCUT2D eigenvalue weighted by atomic mass is 10.1. The number of hydrogen-bond donors (Lipinski definition) is 1. The number of rotatable bonds is 9. The third kappa shape index (κ3) is 7.07. The fraction of sp³-hybridized carbons (Fsp3) is 0.650. The van der Waals surface area contributed by atoms with Gasteiger partial charge in [0.25, 0.3) is 0 Å². The normalized spacial score (nSPS) is 16.0. The summed E-state index contributed by atoms with van der Waals surface area (Å²) in [5.74, 6) is -0.757. The van der Waals surface area contributed by atoms with Gasteiger partial charge in [-0.15, -0.1) is 0 Å². The molecule has 27 heavy (non-hydrogen) atoms. The Balaban J connectivity index is 1.82. The van der Waals surface area contributed by atoms with Crippen molar-refractivity contribution in [2.45, 2.75) is 38.7 Å². The first-order valence-corrected chi connectivity index (χ1v) is 9.72.